The maximum absolute atomic E-state index is 5.90. The lowest BCUT2D eigenvalue weighted by molar-refractivity contribution is 0.367. The van der Waals surface area contributed by atoms with Crippen LogP contribution in [-0.4, -0.2) is 17.1 Å². The molecule has 0 saturated carbocycles. The van der Waals surface area contributed by atoms with Crippen molar-refractivity contribution in [3.8, 4) is 17.4 Å². The number of aryl methyl sites for hydroxylation is 2. The Labute approximate surface area is 111 Å². The van der Waals surface area contributed by atoms with Gasteiger partial charge >= 0.3 is 0 Å². The molecule has 2 rings (SSSR count). The first kappa shape index (κ1) is 12.6. The fraction of sp³-hybridized carbons (Fsp3) is 0.231. The summed E-state index contributed by atoms with van der Waals surface area (Å²) in [4.78, 5) is 7.86. The van der Waals surface area contributed by atoms with Gasteiger partial charge in [-0.3, -0.25) is 0 Å². The Balaban J connectivity index is 2.36. The van der Waals surface area contributed by atoms with Gasteiger partial charge < -0.3 is 9.47 Å². The van der Waals surface area contributed by atoms with Crippen LogP contribution in [0.3, 0.4) is 0 Å². The quantitative estimate of drug-likeness (QED) is 0.796. The summed E-state index contributed by atoms with van der Waals surface area (Å²) in [6.45, 7) is 4.01. The highest BCUT2D eigenvalue weighted by Crippen LogP contribution is 2.34. The fourth-order valence-corrected chi connectivity index (χ4v) is 1.89. The van der Waals surface area contributed by atoms with Crippen molar-refractivity contribution in [1.29, 1.82) is 0 Å². The van der Waals surface area contributed by atoms with E-state index in [9.17, 15) is 0 Å². The van der Waals surface area contributed by atoms with E-state index in [4.69, 9.17) is 21.1 Å². The van der Waals surface area contributed by atoms with Crippen LogP contribution in [0, 0.1) is 13.8 Å². The van der Waals surface area contributed by atoms with Gasteiger partial charge in [-0.05, 0) is 37.1 Å². The molecule has 0 spiro atoms. The molecule has 0 radical (unpaired) electrons. The number of methoxy groups -OCH3 is 1. The maximum Gasteiger partial charge on any atom is 0.267 e. The van der Waals surface area contributed by atoms with Gasteiger partial charge in [0.15, 0.2) is 5.15 Å². The van der Waals surface area contributed by atoms with E-state index in [0.717, 1.165) is 11.1 Å². The van der Waals surface area contributed by atoms with Crippen LogP contribution in [0.4, 0.5) is 0 Å². The van der Waals surface area contributed by atoms with Crippen LogP contribution in [0.2, 0.25) is 5.15 Å². The highest BCUT2D eigenvalue weighted by atomic mass is 35.5. The molecule has 2 aromatic rings. The van der Waals surface area contributed by atoms with Gasteiger partial charge in [0.1, 0.15) is 12.1 Å². The molecule has 4 nitrogen and oxygen atoms in total. The van der Waals surface area contributed by atoms with Crippen molar-refractivity contribution in [3.63, 3.8) is 0 Å². The molecular formula is C13H13ClN2O2. The number of nitrogens with zero attached hydrogens (tertiary/aromatic N) is 2. The summed E-state index contributed by atoms with van der Waals surface area (Å²) in [5.41, 5.74) is 2.23. The Hall–Kier alpha value is -1.81. The summed E-state index contributed by atoms with van der Waals surface area (Å²) in [5, 5.41) is 0.229. The maximum atomic E-state index is 5.90. The Morgan fingerprint density at radius 2 is 1.72 bits per heavy atom. The second-order valence-corrected chi connectivity index (χ2v) is 4.29. The normalized spacial score (nSPS) is 10.2. The lowest BCUT2D eigenvalue weighted by atomic mass is 10.1. The first-order chi connectivity index (χ1) is 8.60. The number of hydrogen-bond acceptors (Lipinski definition) is 4. The van der Waals surface area contributed by atoms with Crippen molar-refractivity contribution in [2.24, 2.45) is 0 Å². The smallest absolute Gasteiger partial charge is 0.267 e. The second-order valence-electron chi connectivity index (χ2n) is 3.93. The number of hydrogen-bond donors (Lipinski definition) is 0. The van der Waals surface area contributed by atoms with E-state index in [1.54, 1.807) is 0 Å². The molecule has 0 atom stereocenters. The molecule has 94 valence electrons. The fourth-order valence-electron chi connectivity index (χ4n) is 1.69. The summed E-state index contributed by atoms with van der Waals surface area (Å²) in [7, 11) is 1.50. The molecule has 0 N–H and O–H groups in total. The molecule has 18 heavy (non-hydrogen) atoms. The molecule has 1 heterocycles. The lowest BCUT2D eigenvalue weighted by Gasteiger charge is -2.10. The Kier molecular flexibility index (Phi) is 3.67. The van der Waals surface area contributed by atoms with Gasteiger partial charge in [-0.1, -0.05) is 17.7 Å². The van der Waals surface area contributed by atoms with Crippen LogP contribution in [0.1, 0.15) is 11.1 Å². The van der Waals surface area contributed by atoms with Crippen LogP contribution in [0.5, 0.6) is 17.4 Å². The van der Waals surface area contributed by atoms with Crippen LogP contribution in [-0.2, 0) is 0 Å². The summed E-state index contributed by atoms with van der Waals surface area (Å²) in [5.74, 6) is 1.33. The first-order valence-corrected chi connectivity index (χ1v) is 5.78. The van der Waals surface area contributed by atoms with Crippen molar-refractivity contribution in [2.45, 2.75) is 13.8 Å². The van der Waals surface area contributed by atoms with Crippen molar-refractivity contribution < 1.29 is 9.47 Å². The third-order valence-corrected chi connectivity index (χ3v) is 2.61. The van der Waals surface area contributed by atoms with E-state index in [1.165, 1.54) is 13.4 Å². The third-order valence-electron chi connectivity index (χ3n) is 2.34. The zero-order valence-corrected chi connectivity index (χ0v) is 11.2. The molecular weight excluding hydrogens is 252 g/mol. The van der Waals surface area contributed by atoms with E-state index >= 15 is 0 Å². The number of ether oxygens (including phenoxy) is 2. The first-order valence-electron chi connectivity index (χ1n) is 5.41. The van der Waals surface area contributed by atoms with E-state index in [0.29, 0.717) is 17.4 Å². The minimum absolute atomic E-state index is 0.229. The van der Waals surface area contributed by atoms with Crippen molar-refractivity contribution in [3.05, 3.63) is 40.8 Å². The van der Waals surface area contributed by atoms with Gasteiger partial charge in [-0.2, -0.15) is 4.98 Å². The van der Waals surface area contributed by atoms with Crippen LogP contribution in [0.25, 0.3) is 0 Å². The monoisotopic (exact) mass is 264 g/mol. The Morgan fingerprint density at radius 3 is 2.33 bits per heavy atom. The SMILES string of the molecule is COc1c(Cl)ncnc1Oc1cc(C)cc(C)c1. The summed E-state index contributed by atoms with van der Waals surface area (Å²) < 4.78 is 10.8. The van der Waals surface area contributed by atoms with Crippen LogP contribution >= 0.6 is 11.6 Å². The van der Waals surface area contributed by atoms with Gasteiger partial charge in [-0.25, -0.2) is 4.98 Å². The zero-order valence-electron chi connectivity index (χ0n) is 10.4. The van der Waals surface area contributed by atoms with Crippen molar-refractivity contribution in [2.75, 3.05) is 7.11 Å². The van der Waals surface area contributed by atoms with Crippen molar-refractivity contribution >= 4 is 11.6 Å². The molecule has 5 heteroatoms. The number of halogens is 1. The summed E-state index contributed by atoms with van der Waals surface area (Å²) in [6, 6.07) is 5.90. The topological polar surface area (TPSA) is 44.2 Å². The molecule has 0 aliphatic rings. The third kappa shape index (κ3) is 2.71. The van der Waals surface area contributed by atoms with E-state index in [2.05, 4.69) is 16.0 Å². The molecule has 1 aromatic heterocycles. The Bertz CT molecular complexity index is 553. The molecule has 0 unspecified atom stereocenters. The van der Waals surface area contributed by atoms with Gasteiger partial charge in [-0.15, -0.1) is 0 Å². The molecule has 0 bridgehead atoms. The Morgan fingerprint density at radius 1 is 1.06 bits per heavy atom. The van der Waals surface area contributed by atoms with E-state index in [1.807, 2.05) is 26.0 Å². The van der Waals surface area contributed by atoms with Gasteiger partial charge in [0.05, 0.1) is 7.11 Å². The standard InChI is InChI=1S/C13H13ClN2O2/c1-8-4-9(2)6-10(5-8)18-13-11(17-3)12(14)15-7-16-13/h4-7H,1-3H3. The molecule has 0 fully saturated rings. The minimum Gasteiger partial charge on any atom is -0.489 e. The van der Waals surface area contributed by atoms with Crippen LogP contribution in [0.15, 0.2) is 24.5 Å². The predicted octanol–water partition coefficient (Wildman–Crippen LogP) is 3.55. The minimum atomic E-state index is 0.229. The highest BCUT2D eigenvalue weighted by Gasteiger charge is 2.12. The highest BCUT2D eigenvalue weighted by molar-refractivity contribution is 6.31. The predicted molar refractivity (Wildman–Crippen MR) is 69.6 cm³/mol. The number of rotatable bonds is 3. The molecule has 0 aliphatic carbocycles. The number of benzene rings is 1. The van der Waals surface area contributed by atoms with Gasteiger partial charge in [0.2, 0.25) is 5.75 Å². The summed E-state index contributed by atoms with van der Waals surface area (Å²) >= 11 is 5.90. The largest absolute Gasteiger partial charge is 0.489 e. The van der Waals surface area contributed by atoms with Crippen LogP contribution < -0.4 is 9.47 Å². The second kappa shape index (κ2) is 5.23. The van der Waals surface area contributed by atoms with Crippen molar-refractivity contribution in [1.82, 2.24) is 9.97 Å². The number of aromatic nitrogens is 2. The average Bonchev–Trinajstić information content (AvgIpc) is 2.27. The molecule has 1 aromatic carbocycles. The van der Waals surface area contributed by atoms with Gasteiger partial charge in [0, 0.05) is 0 Å². The van der Waals surface area contributed by atoms with E-state index in [-0.39, 0.29) is 5.15 Å². The average molecular weight is 265 g/mol. The van der Waals surface area contributed by atoms with Gasteiger partial charge in [0.25, 0.3) is 5.88 Å². The van der Waals surface area contributed by atoms with E-state index < -0.39 is 0 Å². The molecule has 0 aliphatic heterocycles. The lowest BCUT2D eigenvalue weighted by Crippen LogP contribution is -1.96. The molecule has 0 saturated heterocycles. The summed E-state index contributed by atoms with van der Waals surface area (Å²) in [6.07, 6.45) is 1.34. The zero-order chi connectivity index (χ0) is 13.1. The molecule has 0 amide bonds.